The minimum atomic E-state index is 0.246. The summed E-state index contributed by atoms with van der Waals surface area (Å²) in [6, 6.07) is 2.47. The number of nitrogens with one attached hydrogen (secondary N) is 1. The maximum atomic E-state index is 5.66. The van der Waals surface area contributed by atoms with Gasteiger partial charge in [0.05, 0.1) is 0 Å². The van der Waals surface area contributed by atoms with E-state index >= 15 is 0 Å². The number of nitrogens with two attached hydrogens (primary N) is 2. The van der Waals surface area contributed by atoms with Crippen LogP contribution in [0.1, 0.15) is 12.8 Å². The van der Waals surface area contributed by atoms with Crippen LogP contribution >= 0.6 is 0 Å². The Kier molecular flexibility index (Phi) is 3.83. The van der Waals surface area contributed by atoms with Crippen molar-refractivity contribution >= 4 is 17.6 Å². The van der Waals surface area contributed by atoms with Crippen molar-refractivity contribution in [3.05, 3.63) is 6.07 Å². The van der Waals surface area contributed by atoms with Crippen LogP contribution in [-0.2, 0) is 0 Å². The molecule has 7 heteroatoms. The fourth-order valence-corrected chi connectivity index (χ4v) is 2.30. The summed E-state index contributed by atoms with van der Waals surface area (Å²) in [7, 11) is 4.25. The molecule has 0 saturated carbocycles. The number of hydrazine groups is 1. The molecule has 2 heterocycles. The highest BCUT2D eigenvalue weighted by Gasteiger charge is 2.21. The third-order valence-electron chi connectivity index (χ3n) is 3.40. The molecule has 1 aromatic heterocycles. The van der Waals surface area contributed by atoms with Crippen molar-refractivity contribution < 1.29 is 0 Å². The average Bonchev–Trinajstić information content (AvgIpc) is 2.38. The molecule has 7 nitrogen and oxygen atoms in total. The zero-order valence-electron chi connectivity index (χ0n) is 10.9. The summed E-state index contributed by atoms with van der Waals surface area (Å²) in [4.78, 5) is 12.7. The summed E-state index contributed by atoms with van der Waals surface area (Å²) < 4.78 is 0. The quantitative estimate of drug-likeness (QED) is 0.509. The molecule has 0 amide bonds. The predicted molar refractivity (Wildman–Crippen MR) is 73.2 cm³/mol. The number of nitrogens with zero attached hydrogens (tertiary/aromatic N) is 4. The molecule has 1 fully saturated rings. The van der Waals surface area contributed by atoms with Crippen molar-refractivity contribution in [2.45, 2.75) is 18.9 Å². The fraction of sp³-hybridized carbons (Fsp3) is 0.636. The highest BCUT2D eigenvalue weighted by molar-refractivity contribution is 5.52. The van der Waals surface area contributed by atoms with Crippen LogP contribution in [0.5, 0.6) is 0 Å². The summed E-state index contributed by atoms with van der Waals surface area (Å²) in [6.07, 6.45) is 2.25. The molecule has 0 unspecified atom stereocenters. The van der Waals surface area contributed by atoms with Gasteiger partial charge in [-0.2, -0.15) is 9.97 Å². The molecular weight excluding hydrogens is 230 g/mol. The second kappa shape index (κ2) is 5.36. The third-order valence-corrected chi connectivity index (χ3v) is 3.40. The second-order valence-electron chi connectivity index (χ2n) is 4.80. The van der Waals surface area contributed by atoms with Gasteiger partial charge in [-0.05, 0) is 26.9 Å². The van der Waals surface area contributed by atoms with Gasteiger partial charge in [-0.3, -0.25) is 0 Å². The monoisotopic (exact) mass is 251 g/mol. The molecule has 0 atom stereocenters. The standard InChI is InChI=1S/C11H21N7/c1-17(2)8-3-5-18(6-4-8)10-7-9(16-13)14-11(12)15-10/h7-8H,3-6,13H2,1-2H3,(H3,12,14,15,16). The first-order valence-electron chi connectivity index (χ1n) is 6.12. The molecule has 100 valence electrons. The lowest BCUT2D eigenvalue weighted by Crippen LogP contribution is -2.42. The van der Waals surface area contributed by atoms with Crippen LogP contribution in [0.25, 0.3) is 0 Å². The Balaban J connectivity index is 2.07. The van der Waals surface area contributed by atoms with Crippen molar-refractivity contribution in [1.29, 1.82) is 0 Å². The average molecular weight is 251 g/mol. The van der Waals surface area contributed by atoms with Gasteiger partial charge in [0, 0.05) is 25.2 Å². The molecule has 1 saturated heterocycles. The van der Waals surface area contributed by atoms with Gasteiger partial charge in [0.1, 0.15) is 11.6 Å². The molecule has 0 radical (unpaired) electrons. The summed E-state index contributed by atoms with van der Waals surface area (Å²) >= 11 is 0. The molecule has 0 bridgehead atoms. The number of rotatable bonds is 3. The van der Waals surface area contributed by atoms with E-state index in [-0.39, 0.29) is 5.95 Å². The first-order chi connectivity index (χ1) is 8.60. The van der Waals surface area contributed by atoms with E-state index in [0.29, 0.717) is 11.9 Å². The van der Waals surface area contributed by atoms with Crippen molar-refractivity contribution in [2.75, 3.05) is 43.2 Å². The molecule has 1 aliphatic heterocycles. The number of aromatic nitrogens is 2. The van der Waals surface area contributed by atoms with E-state index in [4.69, 9.17) is 11.6 Å². The maximum absolute atomic E-state index is 5.66. The minimum Gasteiger partial charge on any atom is -0.368 e. The SMILES string of the molecule is CN(C)C1CCN(c2cc(NN)nc(N)n2)CC1. The second-order valence-corrected chi connectivity index (χ2v) is 4.80. The van der Waals surface area contributed by atoms with Crippen LogP contribution in [0.15, 0.2) is 6.07 Å². The molecule has 1 aromatic rings. The Hall–Kier alpha value is -1.60. The zero-order valence-corrected chi connectivity index (χ0v) is 10.9. The van der Waals surface area contributed by atoms with E-state index in [1.54, 1.807) is 0 Å². The lowest BCUT2D eigenvalue weighted by molar-refractivity contribution is 0.249. The van der Waals surface area contributed by atoms with E-state index in [1.165, 1.54) is 0 Å². The number of piperidine rings is 1. The molecule has 2 rings (SSSR count). The molecule has 5 N–H and O–H groups in total. The smallest absolute Gasteiger partial charge is 0.223 e. The van der Waals surface area contributed by atoms with Gasteiger partial charge >= 0.3 is 0 Å². The van der Waals surface area contributed by atoms with Gasteiger partial charge in [0.15, 0.2) is 0 Å². The molecule has 0 aromatic carbocycles. The van der Waals surface area contributed by atoms with Crippen LogP contribution in [0.2, 0.25) is 0 Å². The molecular formula is C11H21N7. The third kappa shape index (κ3) is 2.80. The molecule has 0 spiro atoms. The van der Waals surface area contributed by atoms with Gasteiger partial charge in [-0.25, -0.2) is 5.84 Å². The van der Waals surface area contributed by atoms with Crippen molar-refractivity contribution in [3.8, 4) is 0 Å². The fourth-order valence-electron chi connectivity index (χ4n) is 2.30. The normalized spacial score (nSPS) is 17.2. The summed E-state index contributed by atoms with van der Waals surface area (Å²) in [5, 5.41) is 0. The molecule has 18 heavy (non-hydrogen) atoms. The van der Waals surface area contributed by atoms with Gasteiger partial charge in [-0.1, -0.05) is 0 Å². The van der Waals surface area contributed by atoms with Crippen LogP contribution in [0, 0.1) is 0 Å². The number of nitrogen functional groups attached to an aromatic ring is 2. The summed E-state index contributed by atoms with van der Waals surface area (Å²) in [5.74, 6) is 6.99. The first kappa shape index (κ1) is 12.8. The Morgan fingerprint density at radius 1 is 1.33 bits per heavy atom. The van der Waals surface area contributed by atoms with E-state index in [9.17, 15) is 0 Å². The summed E-state index contributed by atoms with van der Waals surface area (Å²) in [6.45, 7) is 1.95. The number of anilines is 3. The highest BCUT2D eigenvalue weighted by Crippen LogP contribution is 2.22. The topological polar surface area (TPSA) is 96.3 Å². The molecule has 0 aliphatic carbocycles. The van der Waals surface area contributed by atoms with Gasteiger partial charge in [-0.15, -0.1) is 0 Å². The summed E-state index contributed by atoms with van der Waals surface area (Å²) in [5.41, 5.74) is 8.17. The Morgan fingerprint density at radius 3 is 2.56 bits per heavy atom. The van der Waals surface area contributed by atoms with Crippen molar-refractivity contribution in [3.63, 3.8) is 0 Å². The van der Waals surface area contributed by atoms with Gasteiger partial charge in [0.2, 0.25) is 5.95 Å². The van der Waals surface area contributed by atoms with Gasteiger partial charge in [0.25, 0.3) is 0 Å². The van der Waals surface area contributed by atoms with E-state index < -0.39 is 0 Å². The van der Waals surface area contributed by atoms with Crippen LogP contribution in [0.4, 0.5) is 17.6 Å². The zero-order chi connectivity index (χ0) is 13.1. The van der Waals surface area contributed by atoms with Crippen LogP contribution in [0.3, 0.4) is 0 Å². The van der Waals surface area contributed by atoms with E-state index in [1.807, 2.05) is 6.07 Å². The van der Waals surface area contributed by atoms with Crippen molar-refractivity contribution in [2.24, 2.45) is 5.84 Å². The van der Waals surface area contributed by atoms with Crippen molar-refractivity contribution in [1.82, 2.24) is 14.9 Å². The number of hydrogen-bond donors (Lipinski definition) is 3. The lowest BCUT2D eigenvalue weighted by Gasteiger charge is -2.35. The lowest BCUT2D eigenvalue weighted by atomic mass is 10.0. The predicted octanol–water partition coefficient (Wildman–Crippen LogP) is -0.125. The Morgan fingerprint density at radius 2 is 2.00 bits per heavy atom. The van der Waals surface area contributed by atoms with E-state index in [2.05, 4.69) is 39.3 Å². The van der Waals surface area contributed by atoms with Crippen LogP contribution < -0.4 is 21.9 Å². The highest BCUT2D eigenvalue weighted by atomic mass is 15.3. The first-order valence-corrected chi connectivity index (χ1v) is 6.12. The Bertz CT molecular complexity index is 398. The van der Waals surface area contributed by atoms with Gasteiger partial charge < -0.3 is 21.0 Å². The van der Waals surface area contributed by atoms with Crippen LogP contribution in [-0.4, -0.2) is 48.1 Å². The minimum absolute atomic E-state index is 0.246. The number of hydrogen-bond acceptors (Lipinski definition) is 7. The molecule has 1 aliphatic rings. The largest absolute Gasteiger partial charge is 0.368 e. The van der Waals surface area contributed by atoms with E-state index in [0.717, 1.165) is 31.7 Å². The maximum Gasteiger partial charge on any atom is 0.223 e. The Labute approximate surface area is 107 Å².